The lowest BCUT2D eigenvalue weighted by Gasteiger charge is -2.29. The summed E-state index contributed by atoms with van der Waals surface area (Å²) in [6.07, 6.45) is 0.732. The molecule has 0 spiro atoms. The summed E-state index contributed by atoms with van der Waals surface area (Å²) in [5.74, 6) is -2.18. The smallest absolute Gasteiger partial charge is 0.244 e. The fraction of sp³-hybridized carbons (Fsp3) is 0.500. The second kappa shape index (κ2) is 6.88. The molecule has 148 valence electrons. The minimum absolute atomic E-state index is 0.000803. The Hall–Kier alpha value is -1.98. The highest BCUT2D eigenvalue weighted by Gasteiger charge is 2.42. The zero-order chi connectivity index (χ0) is 20.0. The van der Waals surface area contributed by atoms with Gasteiger partial charge >= 0.3 is 0 Å². The minimum Gasteiger partial charge on any atom is -0.369 e. The first-order chi connectivity index (χ1) is 12.5. The second-order valence-electron chi connectivity index (χ2n) is 6.86. The monoisotopic (exact) mass is 415 g/mol. The van der Waals surface area contributed by atoms with Crippen LogP contribution >= 0.6 is 0 Å². The highest BCUT2D eigenvalue weighted by molar-refractivity contribution is 7.94. The first kappa shape index (κ1) is 19.8. The second-order valence-corrected chi connectivity index (χ2v) is 10.7. The SMILES string of the molecule is CC1CS(=O)(=O)N(c2ccc(S(=O)(=O)N3CCC(C(N)=O)CC3)cc2)C1=O. The van der Waals surface area contributed by atoms with Gasteiger partial charge in [0, 0.05) is 19.0 Å². The molecular formula is C16H21N3O6S2. The van der Waals surface area contributed by atoms with Crippen molar-refractivity contribution in [3.8, 4) is 0 Å². The zero-order valence-corrected chi connectivity index (χ0v) is 16.4. The van der Waals surface area contributed by atoms with Gasteiger partial charge in [0.25, 0.3) is 0 Å². The number of rotatable bonds is 4. The molecule has 2 heterocycles. The predicted molar refractivity (Wildman–Crippen MR) is 97.6 cm³/mol. The summed E-state index contributed by atoms with van der Waals surface area (Å²) >= 11 is 0. The van der Waals surface area contributed by atoms with Gasteiger partial charge in [-0.1, -0.05) is 6.92 Å². The summed E-state index contributed by atoms with van der Waals surface area (Å²) in [6.45, 7) is 1.91. The molecule has 9 nitrogen and oxygen atoms in total. The maximum atomic E-state index is 12.8. The van der Waals surface area contributed by atoms with Crippen LogP contribution in [0, 0.1) is 11.8 Å². The molecule has 2 aliphatic rings. The van der Waals surface area contributed by atoms with Crippen LogP contribution in [0.15, 0.2) is 29.2 Å². The van der Waals surface area contributed by atoms with Crippen LogP contribution in [0.3, 0.4) is 0 Å². The van der Waals surface area contributed by atoms with Gasteiger partial charge in [-0.2, -0.15) is 4.31 Å². The fourth-order valence-electron chi connectivity index (χ4n) is 3.37. The molecule has 2 saturated heterocycles. The summed E-state index contributed by atoms with van der Waals surface area (Å²) in [6, 6.07) is 5.21. The largest absolute Gasteiger partial charge is 0.369 e. The Kier molecular flexibility index (Phi) is 5.04. The summed E-state index contributed by atoms with van der Waals surface area (Å²) in [5.41, 5.74) is 5.38. The van der Waals surface area contributed by atoms with Crippen LogP contribution in [0.5, 0.6) is 0 Å². The van der Waals surface area contributed by atoms with Crippen LogP contribution in [0.2, 0.25) is 0 Å². The Morgan fingerprint density at radius 1 is 1.15 bits per heavy atom. The topological polar surface area (TPSA) is 135 Å². The molecule has 0 radical (unpaired) electrons. The number of nitrogens with two attached hydrogens (primary N) is 1. The van der Waals surface area contributed by atoms with E-state index in [0.717, 1.165) is 4.31 Å². The molecule has 1 atom stereocenters. The maximum Gasteiger partial charge on any atom is 0.244 e. The molecule has 2 aliphatic heterocycles. The lowest BCUT2D eigenvalue weighted by Crippen LogP contribution is -2.41. The van der Waals surface area contributed by atoms with E-state index in [9.17, 15) is 26.4 Å². The molecule has 1 aromatic rings. The number of hydrogen-bond acceptors (Lipinski definition) is 6. The third kappa shape index (κ3) is 3.58. The van der Waals surface area contributed by atoms with Crippen molar-refractivity contribution in [3.05, 3.63) is 24.3 Å². The van der Waals surface area contributed by atoms with Crippen molar-refractivity contribution in [2.45, 2.75) is 24.7 Å². The number of benzene rings is 1. The van der Waals surface area contributed by atoms with Crippen molar-refractivity contribution in [2.24, 2.45) is 17.6 Å². The van der Waals surface area contributed by atoms with Gasteiger partial charge in [0.15, 0.2) is 0 Å². The van der Waals surface area contributed by atoms with E-state index < -0.39 is 37.8 Å². The quantitative estimate of drug-likeness (QED) is 0.729. The van der Waals surface area contributed by atoms with Crippen LogP contribution in [0.1, 0.15) is 19.8 Å². The van der Waals surface area contributed by atoms with Crippen molar-refractivity contribution >= 4 is 37.5 Å². The molecule has 27 heavy (non-hydrogen) atoms. The summed E-state index contributed by atoms with van der Waals surface area (Å²) in [4.78, 5) is 23.3. The van der Waals surface area contributed by atoms with E-state index in [1.54, 1.807) is 0 Å². The van der Waals surface area contributed by atoms with Crippen LogP contribution in [-0.2, 0) is 29.6 Å². The highest BCUT2D eigenvalue weighted by Crippen LogP contribution is 2.30. The summed E-state index contributed by atoms with van der Waals surface area (Å²) in [5, 5.41) is 0. The van der Waals surface area contributed by atoms with Crippen LogP contribution in [0.4, 0.5) is 5.69 Å². The Morgan fingerprint density at radius 3 is 2.15 bits per heavy atom. The number of carbonyl (C=O) groups excluding carboxylic acids is 2. The van der Waals surface area contributed by atoms with Gasteiger partial charge in [-0.15, -0.1) is 0 Å². The Bertz CT molecular complexity index is 964. The molecule has 2 fully saturated rings. The summed E-state index contributed by atoms with van der Waals surface area (Å²) in [7, 11) is -7.52. The van der Waals surface area contributed by atoms with Crippen molar-refractivity contribution in [1.29, 1.82) is 0 Å². The van der Waals surface area contributed by atoms with E-state index in [4.69, 9.17) is 5.73 Å². The Morgan fingerprint density at radius 2 is 1.70 bits per heavy atom. The fourth-order valence-corrected chi connectivity index (χ4v) is 6.66. The first-order valence-corrected chi connectivity index (χ1v) is 11.6. The Labute approximate surface area is 158 Å². The summed E-state index contributed by atoms with van der Waals surface area (Å²) < 4.78 is 51.8. The maximum absolute atomic E-state index is 12.8. The van der Waals surface area contributed by atoms with Gasteiger partial charge in [-0.25, -0.2) is 21.1 Å². The standard InChI is InChI=1S/C16H21N3O6S2/c1-11-10-26(22,23)19(16(11)21)13-2-4-14(5-3-13)27(24,25)18-8-6-12(7-9-18)15(17)20/h2-5,11-12H,6-10H2,1H3,(H2,17,20). The van der Waals surface area contributed by atoms with E-state index in [1.165, 1.54) is 35.5 Å². The average Bonchev–Trinajstić information content (AvgIpc) is 2.82. The molecule has 1 aromatic carbocycles. The van der Waals surface area contributed by atoms with Crippen LogP contribution in [-0.4, -0.2) is 51.8 Å². The number of sulfonamides is 2. The van der Waals surface area contributed by atoms with Crippen molar-refractivity contribution in [3.63, 3.8) is 0 Å². The number of piperidine rings is 1. The lowest BCUT2D eigenvalue weighted by molar-refractivity contribution is -0.123. The molecule has 11 heteroatoms. The zero-order valence-electron chi connectivity index (χ0n) is 14.7. The van der Waals surface area contributed by atoms with Gasteiger partial charge in [0.05, 0.1) is 22.3 Å². The molecule has 2 amide bonds. The molecule has 0 saturated carbocycles. The normalized spacial score (nSPS) is 24.3. The third-order valence-electron chi connectivity index (χ3n) is 4.93. The van der Waals surface area contributed by atoms with Gasteiger partial charge < -0.3 is 5.73 Å². The number of primary amides is 1. The molecule has 0 aliphatic carbocycles. The van der Waals surface area contributed by atoms with Gasteiger partial charge in [-0.3, -0.25) is 9.59 Å². The van der Waals surface area contributed by atoms with Gasteiger partial charge in [0.1, 0.15) is 0 Å². The Balaban J connectivity index is 1.81. The average molecular weight is 415 g/mol. The number of amides is 2. The molecule has 0 aromatic heterocycles. The predicted octanol–water partition coefficient (Wildman–Crippen LogP) is -0.115. The van der Waals surface area contributed by atoms with Crippen LogP contribution in [0.25, 0.3) is 0 Å². The van der Waals surface area contributed by atoms with Gasteiger partial charge in [-0.05, 0) is 37.1 Å². The highest BCUT2D eigenvalue weighted by atomic mass is 32.2. The number of hydrogen-bond donors (Lipinski definition) is 1. The molecule has 1 unspecified atom stereocenters. The van der Waals surface area contributed by atoms with Gasteiger partial charge in [0.2, 0.25) is 31.9 Å². The van der Waals surface area contributed by atoms with Crippen molar-refractivity contribution in [1.82, 2.24) is 4.31 Å². The van der Waals surface area contributed by atoms with E-state index in [-0.39, 0.29) is 35.3 Å². The van der Waals surface area contributed by atoms with Crippen molar-refractivity contribution < 1.29 is 26.4 Å². The van der Waals surface area contributed by atoms with E-state index in [1.807, 2.05) is 0 Å². The molecule has 3 rings (SSSR count). The van der Waals surface area contributed by atoms with E-state index in [0.29, 0.717) is 12.8 Å². The number of nitrogens with zero attached hydrogens (tertiary/aromatic N) is 2. The minimum atomic E-state index is -3.78. The number of anilines is 1. The molecular weight excluding hydrogens is 394 g/mol. The molecule has 0 bridgehead atoms. The van der Waals surface area contributed by atoms with E-state index in [2.05, 4.69) is 0 Å². The lowest BCUT2D eigenvalue weighted by atomic mass is 9.98. The van der Waals surface area contributed by atoms with Crippen molar-refractivity contribution in [2.75, 3.05) is 23.1 Å². The first-order valence-electron chi connectivity index (χ1n) is 8.50. The number of carbonyl (C=O) groups is 2. The molecule has 2 N–H and O–H groups in total. The third-order valence-corrected chi connectivity index (χ3v) is 8.71. The van der Waals surface area contributed by atoms with Crippen LogP contribution < -0.4 is 10.0 Å². The van der Waals surface area contributed by atoms with E-state index >= 15 is 0 Å².